The van der Waals surface area contributed by atoms with Gasteiger partial charge in [-0.1, -0.05) is 17.7 Å². The zero-order valence-electron chi connectivity index (χ0n) is 14.0. The van der Waals surface area contributed by atoms with E-state index in [1.54, 1.807) is 60.8 Å². The first kappa shape index (κ1) is 17.6. The van der Waals surface area contributed by atoms with E-state index < -0.39 is 0 Å². The number of amides is 2. The Kier molecular flexibility index (Phi) is 5.29. The van der Waals surface area contributed by atoms with Gasteiger partial charge < -0.3 is 10.6 Å². The number of hydrogen-bond acceptors (Lipinski definition) is 3. The Balaban J connectivity index is 1.72. The number of anilines is 2. The third-order valence-corrected chi connectivity index (χ3v) is 3.90. The first-order valence-electron chi connectivity index (χ1n) is 7.92. The highest BCUT2D eigenvalue weighted by Crippen LogP contribution is 2.15. The Morgan fingerprint density at radius 2 is 1.62 bits per heavy atom. The lowest BCUT2D eigenvalue weighted by atomic mass is 10.1. The molecule has 0 atom stereocenters. The largest absolute Gasteiger partial charge is 0.322 e. The lowest BCUT2D eigenvalue weighted by Gasteiger charge is -2.08. The molecule has 2 amide bonds. The van der Waals surface area contributed by atoms with Crippen LogP contribution in [0.2, 0.25) is 5.02 Å². The fourth-order valence-corrected chi connectivity index (χ4v) is 2.46. The standard InChI is InChI=1S/C20H16ClN3O2/c1-13-9-10-22-18(11-13)24-20(26)15-3-2-4-17(12-15)23-19(25)14-5-7-16(21)8-6-14/h2-12H,1H3,(H,23,25)(H,22,24,26). The van der Waals surface area contributed by atoms with Gasteiger partial charge in [-0.15, -0.1) is 0 Å². The number of carbonyl (C=O) groups excluding carboxylic acids is 2. The van der Waals surface area contributed by atoms with Crippen molar-refractivity contribution in [1.29, 1.82) is 0 Å². The maximum Gasteiger partial charge on any atom is 0.256 e. The summed E-state index contributed by atoms with van der Waals surface area (Å²) in [5.74, 6) is -0.101. The van der Waals surface area contributed by atoms with Crippen molar-refractivity contribution in [3.8, 4) is 0 Å². The molecule has 0 spiro atoms. The maximum absolute atomic E-state index is 12.4. The van der Waals surface area contributed by atoms with Crippen molar-refractivity contribution in [2.75, 3.05) is 10.6 Å². The SMILES string of the molecule is Cc1ccnc(NC(=O)c2cccc(NC(=O)c3ccc(Cl)cc3)c2)c1. The van der Waals surface area contributed by atoms with Crippen molar-refractivity contribution in [2.45, 2.75) is 6.92 Å². The fourth-order valence-electron chi connectivity index (χ4n) is 2.34. The summed E-state index contributed by atoms with van der Waals surface area (Å²) in [4.78, 5) is 28.8. The molecule has 0 aliphatic heterocycles. The number of pyridine rings is 1. The van der Waals surface area contributed by atoms with Gasteiger partial charge in [-0.3, -0.25) is 9.59 Å². The Labute approximate surface area is 156 Å². The highest BCUT2D eigenvalue weighted by atomic mass is 35.5. The van der Waals surface area contributed by atoms with Gasteiger partial charge in [0.05, 0.1) is 0 Å². The molecule has 26 heavy (non-hydrogen) atoms. The van der Waals surface area contributed by atoms with Crippen LogP contribution < -0.4 is 10.6 Å². The minimum absolute atomic E-state index is 0.278. The minimum Gasteiger partial charge on any atom is -0.322 e. The van der Waals surface area contributed by atoms with Crippen LogP contribution in [0.1, 0.15) is 26.3 Å². The van der Waals surface area contributed by atoms with Crippen molar-refractivity contribution >= 4 is 34.9 Å². The van der Waals surface area contributed by atoms with Gasteiger partial charge >= 0.3 is 0 Å². The van der Waals surface area contributed by atoms with Crippen molar-refractivity contribution in [3.05, 3.63) is 88.6 Å². The summed E-state index contributed by atoms with van der Waals surface area (Å²) in [6.07, 6.45) is 1.63. The summed E-state index contributed by atoms with van der Waals surface area (Å²) in [5.41, 5.74) is 2.42. The van der Waals surface area contributed by atoms with E-state index in [0.29, 0.717) is 27.7 Å². The monoisotopic (exact) mass is 365 g/mol. The highest BCUT2D eigenvalue weighted by Gasteiger charge is 2.10. The van der Waals surface area contributed by atoms with E-state index in [1.807, 2.05) is 13.0 Å². The quantitative estimate of drug-likeness (QED) is 0.712. The lowest BCUT2D eigenvalue weighted by molar-refractivity contribution is 0.101. The van der Waals surface area contributed by atoms with E-state index in [1.165, 1.54) is 0 Å². The molecule has 2 aromatic carbocycles. The predicted octanol–water partition coefficient (Wildman–Crippen LogP) is 4.55. The smallest absolute Gasteiger partial charge is 0.256 e. The van der Waals surface area contributed by atoms with Crippen LogP contribution in [0, 0.1) is 6.92 Å². The Bertz CT molecular complexity index is 955. The number of nitrogens with zero attached hydrogens (tertiary/aromatic N) is 1. The first-order valence-corrected chi connectivity index (χ1v) is 8.30. The molecular formula is C20H16ClN3O2. The van der Waals surface area contributed by atoms with Crippen LogP contribution >= 0.6 is 11.6 Å². The summed E-state index contributed by atoms with van der Waals surface area (Å²) < 4.78 is 0. The minimum atomic E-state index is -0.300. The second-order valence-corrected chi connectivity index (χ2v) is 6.15. The molecule has 0 unspecified atom stereocenters. The average molecular weight is 366 g/mol. The van der Waals surface area contributed by atoms with Crippen LogP contribution in [0.4, 0.5) is 11.5 Å². The van der Waals surface area contributed by atoms with Crippen molar-refractivity contribution in [3.63, 3.8) is 0 Å². The summed E-state index contributed by atoms with van der Waals surface area (Å²) >= 11 is 5.83. The Hall–Kier alpha value is -3.18. The van der Waals surface area contributed by atoms with E-state index in [-0.39, 0.29) is 11.8 Å². The molecule has 1 heterocycles. The number of halogens is 1. The third-order valence-electron chi connectivity index (χ3n) is 3.65. The van der Waals surface area contributed by atoms with E-state index in [4.69, 9.17) is 11.6 Å². The Morgan fingerprint density at radius 1 is 0.885 bits per heavy atom. The van der Waals surface area contributed by atoms with Gasteiger partial charge in [0, 0.05) is 28.0 Å². The zero-order valence-corrected chi connectivity index (χ0v) is 14.7. The van der Waals surface area contributed by atoms with Gasteiger partial charge in [-0.2, -0.15) is 0 Å². The molecule has 0 fully saturated rings. The molecule has 3 aromatic rings. The Morgan fingerprint density at radius 3 is 2.35 bits per heavy atom. The van der Waals surface area contributed by atoms with E-state index in [9.17, 15) is 9.59 Å². The summed E-state index contributed by atoms with van der Waals surface area (Å²) in [5, 5.41) is 6.07. The lowest BCUT2D eigenvalue weighted by Crippen LogP contribution is -2.15. The predicted molar refractivity (Wildman–Crippen MR) is 103 cm³/mol. The highest BCUT2D eigenvalue weighted by molar-refractivity contribution is 6.30. The van der Waals surface area contributed by atoms with Gasteiger partial charge in [0.1, 0.15) is 5.82 Å². The van der Waals surface area contributed by atoms with Gasteiger partial charge in [0.15, 0.2) is 0 Å². The third kappa shape index (κ3) is 4.46. The van der Waals surface area contributed by atoms with Crippen LogP contribution in [0.5, 0.6) is 0 Å². The van der Waals surface area contributed by atoms with Crippen LogP contribution in [0.25, 0.3) is 0 Å². The molecule has 0 saturated carbocycles. The average Bonchev–Trinajstić information content (AvgIpc) is 2.62. The van der Waals surface area contributed by atoms with Gasteiger partial charge in [0.2, 0.25) is 0 Å². The first-order chi connectivity index (χ1) is 12.5. The molecule has 130 valence electrons. The van der Waals surface area contributed by atoms with Crippen LogP contribution in [0.15, 0.2) is 66.9 Å². The fraction of sp³-hybridized carbons (Fsp3) is 0.0500. The van der Waals surface area contributed by atoms with Gasteiger partial charge in [0.25, 0.3) is 11.8 Å². The van der Waals surface area contributed by atoms with Gasteiger partial charge in [-0.05, 0) is 67.1 Å². The molecule has 6 heteroatoms. The number of aryl methyl sites for hydroxylation is 1. The van der Waals surface area contributed by atoms with E-state index in [2.05, 4.69) is 15.6 Å². The molecule has 0 aliphatic carbocycles. The maximum atomic E-state index is 12.4. The number of benzene rings is 2. The second-order valence-electron chi connectivity index (χ2n) is 5.71. The number of carbonyl (C=O) groups is 2. The van der Waals surface area contributed by atoms with Crippen molar-refractivity contribution in [2.24, 2.45) is 0 Å². The summed E-state index contributed by atoms with van der Waals surface area (Å²) in [6, 6.07) is 16.9. The number of aromatic nitrogens is 1. The molecule has 3 rings (SSSR count). The van der Waals surface area contributed by atoms with Crippen LogP contribution in [-0.4, -0.2) is 16.8 Å². The molecule has 0 aliphatic rings. The van der Waals surface area contributed by atoms with Crippen LogP contribution in [-0.2, 0) is 0 Å². The second kappa shape index (κ2) is 7.80. The molecule has 5 nitrogen and oxygen atoms in total. The van der Waals surface area contributed by atoms with E-state index in [0.717, 1.165) is 5.56 Å². The number of hydrogen-bond donors (Lipinski definition) is 2. The summed E-state index contributed by atoms with van der Waals surface area (Å²) in [6.45, 7) is 1.92. The normalized spacial score (nSPS) is 10.2. The van der Waals surface area contributed by atoms with Crippen molar-refractivity contribution in [1.82, 2.24) is 4.98 Å². The molecule has 1 aromatic heterocycles. The molecule has 0 bridgehead atoms. The summed E-state index contributed by atoms with van der Waals surface area (Å²) in [7, 11) is 0. The molecule has 0 radical (unpaired) electrons. The van der Waals surface area contributed by atoms with Crippen LogP contribution in [0.3, 0.4) is 0 Å². The zero-order chi connectivity index (χ0) is 18.5. The topological polar surface area (TPSA) is 71.1 Å². The van der Waals surface area contributed by atoms with Crippen molar-refractivity contribution < 1.29 is 9.59 Å². The molecular weight excluding hydrogens is 350 g/mol. The number of rotatable bonds is 4. The molecule has 0 saturated heterocycles. The number of nitrogens with one attached hydrogen (secondary N) is 2. The molecule has 2 N–H and O–H groups in total. The van der Waals surface area contributed by atoms with Gasteiger partial charge in [-0.25, -0.2) is 4.98 Å². The van der Waals surface area contributed by atoms with E-state index >= 15 is 0 Å².